The summed E-state index contributed by atoms with van der Waals surface area (Å²) in [6.45, 7) is 9.59. The lowest BCUT2D eigenvalue weighted by molar-refractivity contribution is -0.120. The summed E-state index contributed by atoms with van der Waals surface area (Å²) in [6, 6.07) is 0. The Morgan fingerprint density at radius 2 is 2.05 bits per heavy atom. The van der Waals surface area contributed by atoms with Gasteiger partial charge in [0.1, 0.15) is 12.0 Å². The lowest BCUT2D eigenvalue weighted by Gasteiger charge is -2.21. The molecule has 0 unspecified atom stereocenters. The molecule has 0 saturated heterocycles. The minimum absolute atomic E-state index is 0.0377. The molecule has 0 aliphatic heterocycles. The smallest absolute Gasteiger partial charge is 0.242 e. The van der Waals surface area contributed by atoms with E-state index >= 15 is 0 Å². The molecule has 112 valence electrons. The van der Waals surface area contributed by atoms with Gasteiger partial charge in [0.2, 0.25) is 11.8 Å². The monoisotopic (exact) mass is 281 g/mol. The standard InChI is InChI=1S/C13H23N5O2/c1-8(2)20-12-10(14)11(16-7-17-12)15-6-9(19)18-13(3,4)5/h7-8H,6,14H2,1-5H3,(H,18,19)(H,15,16,17). The lowest BCUT2D eigenvalue weighted by Crippen LogP contribution is -2.43. The van der Waals surface area contributed by atoms with E-state index in [9.17, 15) is 4.79 Å². The zero-order chi connectivity index (χ0) is 15.3. The third-order valence-corrected chi connectivity index (χ3v) is 2.13. The Morgan fingerprint density at radius 3 is 2.60 bits per heavy atom. The molecule has 0 atom stereocenters. The van der Waals surface area contributed by atoms with Gasteiger partial charge in [-0.25, -0.2) is 4.98 Å². The molecule has 20 heavy (non-hydrogen) atoms. The maximum atomic E-state index is 11.7. The number of hydrogen-bond acceptors (Lipinski definition) is 6. The summed E-state index contributed by atoms with van der Waals surface area (Å²) in [4.78, 5) is 19.7. The van der Waals surface area contributed by atoms with Gasteiger partial charge in [-0.15, -0.1) is 0 Å². The number of aromatic nitrogens is 2. The van der Waals surface area contributed by atoms with Gasteiger partial charge in [-0.1, -0.05) is 0 Å². The number of nitrogens with one attached hydrogen (secondary N) is 2. The number of nitrogens with two attached hydrogens (primary N) is 1. The fourth-order valence-electron chi connectivity index (χ4n) is 1.46. The van der Waals surface area contributed by atoms with Crippen LogP contribution in [0.25, 0.3) is 0 Å². The molecule has 0 aliphatic rings. The van der Waals surface area contributed by atoms with E-state index in [1.807, 2.05) is 34.6 Å². The van der Waals surface area contributed by atoms with Crippen molar-refractivity contribution in [2.45, 2.75) is 46.3 Å². The summed E-state index contributed by atoms with van der Waals surface area (Å²) < 4.78 is 5.46. The summed E-state index contributed by atoms with van der Waals surface area (Å²) >= 11 is 0. The molecule has 4 N–H and O–H groups in total. The average Bonchev–Trinajstić information content (AvgIpc) is 2.27. The van der Waals surface area contributed by atoms with Crippen molar-refractivity contribution in [3.8, 4) is 5.88 Å². The van der Waals surface area contributed by atoms with Crippen molar-refractivity contribution in [3.63, 3.8) is 0 Å². The maximum absolute atomic E-state index is 11.7. The second-order valence-corrected chi connectivity index (χ2v) is 5.76. The number of carbonyl (C=O) groups is 1. The van der Waals surface area contributed by atoms with E-state index < -0.39 is 0 Å². The highest BCUT2D eigenvalue weighted by Gasteiger charge is 2.15. The molecule has 1 aromatic rings. The van der Waals surface area contributed by atoms with Crippen molar-refractivity contribution in [2.24, 2.45) is 0 Å². The van der Waals surface area contributed by atoms with E-state index in [1.54, 1.807) is 0 Å². The molecule has 1 amide bonds. The SMILES string of the molecule is CC(C)Oc1ncnc(NCC(=O)NC(C)(C)C)c1N. The van der Waals surface area contributed by atoms with E-state index in [2.05, 4.69) is 20.6 Å². The Kier molecular flexibility index (Phi) is 5.12. The highest BCUT2D eigenvalue weighted by Crippen LogP contribution is 2.25. The predicted octanol–water partition coefficient (Wildman–Crippen LogP) is 1.17. The third-order valence-electron chi connectivity index (χ3n) is 2.13. The van der Waals surface area contributed by atoms with Crippen molar-refractivity contribution in [3.05, 3.63) is 6.33 Å². The number of anilines is 2. The minimum atomic E-state index is -0.276. The number of carbonyl (C=O) groups excluding carboxylic acids is 1. The van der Waals surface area contributed by atoms with Gasteiger partial charge in [0.25, 0.3) is 0 Å². The first kappa shape index (κ1) is 16.0. The van der Waals surface area contributed by atoms with Gasteiger partial charge in [-0.05, 0) is 34.6 Å². The normalized spacial score (nSPS) is 11.3. The van der Waals surface area contributed by atoms with Crippen LogP contribution in [0.2, 0.25) is 0 Å². The molecule has 7 heteroatoms. The quantitative estimate of drug-likeness (QED) is 0.749. The number of ether oxygens (including phenoxy) is 1. The van der Waals surface area contributed by atoms with E-state index in [4.69, 9.17) is 10.5 Å². The second kappa shape index (κ2) is 6.40. The molecule has 1 heterocycles. The second-order valence-electron chi connectivity index (χ2n) is 5.76. The van der Waals surface area contributed by atoms with Gasteiger partial charge >= 0.3 is 0 Å². The van der Waals surface area contributed by atoms with Crippen molar-refractivity contribution in [1.82, 2.24) is 15.3 Å². The Labute approximate surface area is 119 Å². The largest absolute Gasteiger partial charge is 0.473 e. The summed E-state index contributed by atoms with van der Waals surface area (Å²) in [5.41, 5.74) is 5.92. The predicted molar refractivity (Wildman–Crippen MR) is 78.6 cm³/mol. The molecule has 0 bridgehead atoms. The Bertz CT molecular complexity index is 468. The van der Waals surface area contributed by atoms with Crippen LogP contribution in [-0.2, 0) is 4.79 Å². The van der Waals surface area contributed by atoms with Gasteiger partial charge in [0.05, 0.1) is 12.6 Å². The molecular formula is C13H23N5O2. The first-order valence-corrected chi connectivity index (χ1v) is 6.51. The summed E-state index contributed by atoms with van der Waals surface area (Å²) in [7, 11) is 0. The number of hydrogen-bond donors (Lipinski definition) is 3. The van der Waals surface area contributed by atoms with E-state index in [0.717, 1.165) is 0 Å². The Balaban J connectivity index is 2.67. The molecule has 0 radical (unpaired) electrons. The number of rotatable bonds is 5. The molecule has 0 fully saturated rings. The molecule has 1 rings (SSSR count). The summed E-state index contributed by atoms with van der Waals surface area (Å²) in [5.74, 6) is 0.565. The van der Waals surface area contributed by atoms with Crippen LogP contribution < -0.4 is 21.1 Å². The molecule has 0 aliphatic carbocycles. The van der Waals surface area contributed by atoms with Crippen LogP contribution in [0, 0.1) is 0 Å². The molecule has 0 aromatic carbocycles. The lowest BCUT2D eigenvalue weighted by atomic mass is 10.1. The van der Waals surface area contributed by atoms with Crippen molar-refractivity contribution in [1.29, 1.82) is 0 Å². The van der Waals surface area contributed by atoms with Crippen molar-refractivity contribution >= 4 is 17.4 Å². The number of amides is 1. The fourth-order valence-corrected chi connectivity index (χ4v) is 1.46. The minimum Gasteiger partial charge on any atom is -0.473 e. The van der Waals surface area contributed by atoms with Crippen LogP contribution in [0.3, 0.4) is 0 Å². The number of nitrogen functional groups attached to an aromatic ring is 1. The first-order valence-electron chi connectivity index (χ1n) is 6.51. The van der Waals surface area contributed by atoms with E-state index in [1.165, 1.54) is 6.33 Å². The van der Waals surface area contributed by atoms with Crippen LogP contribution in [0.5, 0.6) is 5.88 Å². The third kappa shape index (κ3) is 5.29. The zero-order valence-electron chi connectivity index (χ0n) is 12.7. The van der Waals surface area contributed by atoms with Gasteiger partial charge < -0.3 is 21.1 Å². The van der Waals surface area contributed by atoms with Crippen molar-refractivity contribution in [2.75, 3.05) is 17.6 Å². The molecule has 0 spiro atoms. The highest BCUT2D eigenvalue weighted by atomic mass is 16.5. The van der Waals surface area contributed by atoms with Crippen LogP contribution in [0.1, 0.15) is 34.6 Å². The van der Waals surface area contributed by atoms with Crippen LogP contribution >= 0.6 is 0 Å². The molecule has 7 nitrogen and oxygen atoms in total. The van der Waals surface area contributed by atoms with Crippen LogP contribution in [0.15, 0.2) is 6.33 Å². The van der Waals surface area contributed by atoms with E-state index in [0.29, 0.717) is 17.4 Å². The zero-order valence-corrected chi connectivity index (χ0v) is 12.7. The van der Waals surface area contributed by atoms with Crippen LogP contribution in [0.4, 0.5) is 11.5 Å². The summed E-state index contributed by atoms with van der Waals surface area (Å²) in [6.07, 6.45) is 1.31. The molecule has 1 aromatic heterocycles. The maximum Gasteiger partial charge on any atom is 0.242 e. The van der Waals surface area contributed by atoms with E-state index in [-0.39, 0.29) is 24.1 Å². The average molecular weight is 281 g/mol. The van der Waals surface area contributed by atoms with Gasteiger partial charge in [0, 0.05) is 5.54 Å². The summed E-state index contributed by atoms with van der Waals surface area (Å²) in [5, 5.41) is 5.72. The first-order chi connectivity index (χ1) is 9.19. The van der Waals surface area contributed by atoms with Gasteiger partial charge in [-0.3, -0.25) is 4.79 Å². The molecular weight excluding hydrogens is 258 g/mol. The number of nitrogens with zero attached hydrogens (tertiary/aromatic N) is 2. The Hall–Kier alpha value is -2.05. The highest BCUT2D eigenvalue weighted by molar-refractivity contribution is 5.82. The van der Waals surface area contributed by atoms with Crippen LogP contribution in [-0.4, -0.2) is 34.1 Å². The van der Waals surface area contributed by atoms with Gasteiger partial charge in [-0.2, -0.15) is 4.98 Å². The Morgan fingerprint density at radius 1 is 1.40 bits per heavy atom. The fraction of sp³-hybridized carbons (Fsp3) is 0.615. The van der Waals surface area contributed by atoms with Gasteiger partial charge in [0.15, 0.2) is 5.82 Å². The molecule has 0 saturated carbocycles. The topological polar surface area (TPSA) is 102 Å². The van der Waals surface area contributed by atoms with Crippen molar-refractivity contribution < 1.29 is 9.53 Å².